The predicted molar refractivity (Wildman–Crippen MR) is 142 cm³/mol. The maximum absolute atomic E-state index is 13.2. The first kappa shape index (κ1) is 22.5. The van der Waals surface area contributed by atoms with Crippen LogP contribution < -0.4 is 14.2 Å². The molecule has 0 N–H and O–H groups in total. The summed E-state index contributed by atoms with van der Waals surface area (Å²) in [6, 6.07) is 28.1. The maximum Gasteiger partial charge on any atom is 0.160 e. The van der Waals surface area contributed by atoms with Crippen molar-refractivity contribution in [2.24, 2.45) is 0 Å². The van der Waals surface area contributed by atoms with Crippen LogP contribution in [0.3, 0.4) is 0 Å². The Morgan fingerprint density at radius 3 is 2.03 bits per heavy atom. The minimum atomic E-state index is -0.0190. The lowest BCUT2D eigenvalue weighted by Gasteiger charge is -2.20. The van der Waals surface area contributed by atoms with Crippen molar-refractivity contribution in [3.63, 3.8) is 0 Å². The van der Waals surface area contributed by atoms with Gasteiger partial charge in [-0.2, -0.15) is 0 Å². The smallest absolute Gasteiger partial charge is 0.160 e. The molecule has 0 amide bonds. The molecular weight excluding hydrogens is 436 g/mol. The molecule has 0 radical (unpaired) electrons. The lowest BCUT2D eigenvalue weighted by Crippen LogP contribution is -2.01. The molecule has 4 heteroatoms. The van der Waals surface area contributed by atoms with Gasteiger partial charge in [0, 0.05) is 16.7 Å². The summed E-state index contributed by atoms with van der Waals surface area (Å²) >= 11 is 0. The van der Waals surface area contributed by atoms with E-state index in [1.807, 2.05) is 66.7 Å². The standard InChI is InChI=1S/C31H26O4/c1-19(32)26-18-27(21-9-12-22(33-2)13-10-21)25-15-14-23(34-3)17-28(25)30(26)31-24-8-6-5-7-20(24)11-16-29(31)35-4/h5-18H,1-4H3. The van der Waals surface area contributed by atoms with Crippen LogP contribution in [0, 0.1) is 0 Å². The van der Waals surface area contributed by atoms with E-state index in [4.69, 9.17) is 14.2 Å². The topological polar surface area (TPSA) is 44.8 Å². The molecule has 4 nitrogen and oxygen atoms in total. The van der Waals surface area contributed by atoms with Crippen LogP contribution in [0.25, 0.3) is 43.8 Å². The van der Waals surface area contributed by atoms with Gasteiger partial charge >= 0.3 is 0 Å². The fourth-order valence-corrected chi connectivity index (χ4v) is 4.77. The van der Waals surface area contributed by atoms with Crippen LogP contribution in [0.2, 0.25) is 0 Å². The van der Waals surface area contributed by atoms with Crippen molar-refractivity contribution in [3.8, 4) is 39.5 Å². The Labute approximate surface area is 204 Å². The summed E-state index contributed by atoms with van der Waals surface area (Å²) in [5, 5.41) is 4.05. The molecule has 174 valence electrons. The Morgan fingerprint density at radius 1 is 0.629 bits per heavy atom. The Morgan fingerprint density at radius 2 is 1.34 bits per heavy atom. The Hall–Kier alpha value is -4.31. The van der Waals surface area contributed by atoms with E-state index in [0.29, 0.717) is 11.3 Å². The average molecular weight is 463 g/mol. The number of Topliss-reactive ketones (excluding diaryl/α,β-unsaturated/α-hetero) is 1. The fraction of sp³-hybridized carbons (Fsp3) is 0.129. The van der Waals surface area contributed by atoms with Gasteiger partial charge in [-0.1, -0.05) is 48.5 Å². The van der Waals surface area contributed by atoms with Gasteiger partial charge in [-0.15, -0.1) is 0 Å². The Kier molecular flexibility index (Phi) is 5.87. The zero-order valence-electron chi connectivity index (χ0n) is 20.2. The number of carbonyl (C=O) groups excluding carboxylic acids is 1. The van der Waals surface area contributed by atoms with Crippen molar-refractivity contribution in [1.29, 1.82) is 0 Å². The van der Waals surface area contributed by atoms with Crippen LogP contribution in [0.5, 0.6) is 17.2 Å². The third-order valence-corrected chi connectivity index (χ3v) is 6.49. The number of ether oxygens (including phenoxy) is 3. The van der Waals surface area contributed by atoms with Gasteiger partial charge in [0.05, 0.1) is 21.3 Å². The number of rotatable bonds is 6. The number of fused-ring (bicyclic) bond motifs is 2. The van der Waals surface area contributed by atoms with Crippen LogP contribution >= 0.6 is 0 Å². The summed E-state index contributed by atoms with van der Waals surface area (Å²) in [5.41, 5.74) is 4.34. The molecule has 5 aromatic carbocycles. The molecule has 0 aliphatic heterocycles. The van der Waals surface area contributed by atoms with E-state index in [0.717, 1.165) is 55.3 Å². The fourth-order valence-electron chi connectivity index (χ4n) is 4.77. The van der Waals surface area contributed by atoms with E-state index in [-0.39, 0.29) is 5.78 Å². The minimum absolute atomic E-state index is 0.0190. The van der Waals surface area contributed by atoms with Crippen LogP contribution in [0.4, 0.5) is 0 Å². The average Bonchev–Trinajstić information content (AvgIpc) is 2.91. The molecule has 0 aromatic heterocycles. The van der Waals surface area contributed by atoms with Crippen LogP contribution in [-0.2, 0) is 0 Å². The zero-order valence-corrected chi connectivity index (χ0v) is 20.2. The summed E-state index contributed by atoms with van der Waals surface area (Å²) in [5.74, 6) is 2.20. The molecule has 0 bridgehead atoms. The molecule has 35 heavy (non-hydrogen) atoms. The van der Waals surface area contributed by atoms with E-state index in [9.17, 15) is 4.79 Å². The normalized spacial score (nSPS) is 11.0. The number of hydrogen-bond acceptors (Lipinski definition) is 4. The highest BCUT2D eigenvalue weighted by molar-refractivity contribution is 6.18. The summed E-state index contributed by atoms with van der Waals surface area (Å²) in [6.07, 6.45) is 0. The van der Waals surface area contributed by atoms with Gasteiger partial charge in [-0.05, 0) is 76.0 Å². The molecule has 0 aliphatic carbocycles. The molecule has 0 fully saturated rings. The highest BCUT2D eigenvalue weighted by atomic mass is 16.5. The quantitative estimate of drug-likeness (QED) is 0.244. The zero-order chi connectivity index (χ0) is 24.5. The van der Waals surface area contributed by atoms with Gasteiger partial charge in [-0.3, -0.25) is 4.79 Å². The van der Waals surface area contributed by atoms with Gasteiger partial charge in [0.2, 0.25) is 0 Å². The lowest BCUT2D eigenvalue weighted by atomic mass is 9.84. The third kappa shape index (κ3) is 3.87. The Balaban J connectivity index is 1.95. The summed E-state index contributed by atoms with van der Waals surface area (Å²) in [6.45, 7) is 1.61. The number of benzene rings is 5. The number of hydrogen-bond donors (Lipinski definition) is 0. The van der Waals surface area contributed by atoms with Gasteiger partial charge in [0.15, 0.2) is 5.78 Å². The first-order chi connectivity index (χ1) is 17.0. The molecule has 0 saturated carbocycles. The van der Waals surface area contributed by atoms with E-state index in [1.54, 1.807) is 28.3 Å². The van der Waals surface area contributed by atoms with Crippen molar-refractivity contribution >= 4 is 27.3 Å². The summed E-state index contributed by atoms with van der Waals surface area (Å²) in [7, 11) is 4.96. The van der Waals surface area contributed by atoms with Crippen molar-refractivity contribution in [1.82, 2.24) is 0 Å². The van der Waals surface area contributed by atoms with E-state index in [2.05, 4.69) is 18.2 Å². The van der Waals surface area contributed by atoms with Gasteiger partial charge in [0.25, 0.3) is 0 Å². The second-order valence-corrected chi connectivity index (χ2v) is 8.41. The third-order valence-electron chi connectivity index (χ3n) is 6.49. The van der Waals surface area contributed by atoms with Crippen molar-refractivity contribution in [2.75, 3.05) is 21.3 Å². The van der Waals surface area contributed by atoms with Gasteiger partial charge in [-0.25, -0.2) is 0 Å². The predicted octanol–water partition coefficient (Wildman–Crippen LogP) is 7.56. The highest BCUT2D eigenvalue weighted by Gasteiger charge is 2.22. The second kappa shape index (κ2) is 9.15. The number of methoxy groups -OCH3 is 3. The van der Waals surface area contributed by atoms with Crippen LogP contribution in [0.15, 0.2) is 84.9 Å². The molecule has 5 rings (SSSR count). The molecule has 0 atom stereocenters. The number of carbonyl (C=O) groups is 1. The van der Waals surface area contributed by atoms with Crippen LogP contribution in [0.1, 0.15) is 17.3 Å². The number of ketones is 1. The van der Waals surface area contributed by atoms with Gasteiger partial charge < -0.3 is 14.2 Å². The molecular formula is C31H26O4. The van der Waals surface area contributed by atoms with Crippen molar-refractivity contribution in [3.05, 3.63) is 90.5 Å². The second-order valence-electron chi connectivity index (χ2n) is 8.41. The van der Waals surface area contributed by atoms with E-state index >= 15 is 0 Å². The van der Waals surface area contributed by atoms with E-state index in [1.165, 1.54) is 0 Å². The SMILES string of the molecule is COc1ccc(-c2cc(C(C)=O)c(-c3c(OC)ccc4ccccc34)c3cc(OC)ccc23)cc1. The van der Waals surface area contributed by atoms with E-state index < -0.39 is 0 Å². The summed E-state index contributed by atoms with van der Waals surface area (Å²) < 4.78 is 16.8. The van der Waals surface area contributed by atoms with Crippen molar-refractivity contribution in [2.45, 2.75) is 6.92 Å². The summed E-state index contributed by atoms with van der Waals surface area (Å²) in [4.78, 5) is 13.2. The first-order valence-corrected chi connectivity index (χ1v) is 11.4. The highest BCUT2D eigenvalue weighted by Crippen LogP contribution is 2.46. The molecule has 0 spiro atoms. The minimum Gasteiger partial charge on any atom is -0.497 e. The molecule has 0 unspecified atom stereocenters. The molecule has 0 heterocycles. The molecule has 5 aromatic rings. The van der Waals surface area contributed by atoms with Crippen molar-refractivity contribution < 1.29 is 19.0 Å². The lowest BCUT2D eigenvalue weighted by molar-refractivity contribution is 0.101. The first-order valence-electron chi connectivity index (χ1n) is 11.4. The van der Waals surface area contributed by atoms with Crippen LogP contribution in [-0.4, -0.2) is 27.1 Å². The molecule has 0 aliphatic rings. The monoisotopic (exact) mass is 462 g/mol. The van der Waals surface area contributed by atoms with Gasteiger partial charge in [0.1, 0.15) is 17.2 Å². The Bertz CT molecular complexity index is 1570. The maximum atomic E-state index is 13.2. The molecule has 0 saturated heterocycles. The largest absolute Gasteiger partial charge is 0.497 e.